The first-order chi connectivity index (χ1) is 8.20. The lowest BCUT2D eigenvalue weighted by atomic mass is 10.3. The summed E-state index contributed by atoms with van der Waals surface area (Å²) in [6.07, 6.45) is 0.146. The Kier molecular flexibility index (Phi) is 2.72. The molecular weight excluding hydrogens is 261 g/mol. The second-order valence-electron chi connectivity index (χ2n) is 4.14. The van der Waals surface area contributed by atoms with E-state index in [0.717, 1.165) is 18.8 Å². The van der Waals surface area contributed by atoms with Crippen LogP contribution in [-0.4, -0.2) is 30.7 Å². The molecule has 2 aliphatic rings. The molecule has 0 spiro atoms. The highest BCUT2D eigenvalue weighted by Crippen LogP contribution is 2.49. The van der Waals surface area contributed by atoms with Crippen LogP contribution in [0.25, 0.3) is 0 Å². The highest BCUT2D eigenvalue weighted by Gasteiger charge is 2.72. The summed E-state index contributed by atoms with van der Waals surface area (Å²) in [6, 6.07) is 5.54. The molecule has 2 aliphatic heterocycles. The zero-order chi connectivity index (χ0) is 12.0. The molecule has 2 saturated heterocycles. The van der Waals surface area contributed by atoms with E-state index in [4.69, 9.17) is 28.0 Å². The third-order valence-corrected chi connectivity index (χ3v) is 3.81. The van der Waals surface area contributed by atoms with Gasteiger partial charge < -0.3 is 0 Å². The number of benzene rings is 1. The standard InChI is InChI=1S/C11H14Cl2N3O/c1-2-17-16-7-6-14-11(16)15(16)10-8(12)4-3-5-9(10)13/h3-5,11,14H,2,6-7H2,1H3/q+1. The molecule has 0 radical (unpaired) electrons. The van der Waals surface area contributed by atoms with Gasteiger partial charge >= 0.3 is 6.29 Å². The molecule has 0 amide bonds. The highest BCUT2D eigenvalue weighted by molar-refractivity contribution is 6.39. The number of nitrogens with zero attached hydrogens (tertiary/aromatic N) is 2. The maximum absolute atomic E-state index is 6.22. The number of para-hydroxylation sites is 1. The van der Waals surface area contributed by atoms with Crippen LogP contribution in [0, 0.1) is 0 Å². The lowest BCUT2D eigenvalue weighted by molar-refractivity contribution is -1.01. The molecule has 3 rings (SSSR count). The highest BCUT2D eigenvalue weighted by atomic mass is 35.5. The molecule has 92 valence electrons. The molecule has 0 bridgehead atoms. The Hall–Kier alpha value is -0.520. The summed E-state index contributed by atoms with van der Waals surface area (Å²) in [5, 5.41) is 6.78. The van der Waals surface area contributed by atoms with E-state index in [2.05, 4.69) is 10.3 Å². The van der Waals surface area contributed by atoms with Gasteiger partial charge in [-0.3, -0.25) is 0 Å². The quantitative estimate of drug-likeness (QED) is 0.677. The average Bonchev–Trinajstić information content (AvgIpc) is 2.68. The fourth-order valence-electron chi connectivity index (χ4n) is 2.51. The van der Waals surface area contributed by atoms with Gasteiger partial charge in [0.15, 0.2) is 6.54 Å². The number of hydrogen-bond donors (Lipinski definition) is 1. The summed E-state index contributed by atoms with van der Waals surface area (Å²) >= 11 is 12.4. The Morgan fingerprint density at radius 2 is 2.18 bits per heavy atom. The van der Waals surface area contributed by atoms with Crippen molar-refractivity contribution in [3.8, 4) is 0 Å². The van der Waals surface area contributed by atoms with Crippen molar-refractivity contribution in [3.63, 3.8) is 0 Å². The van der Waals surface area contributed by atoms with Gasteiger partial charge in [-0.15, -0.1) is 5.01 Å². The maximum Gasteiger partial charge on any atom is 0.321 e. The van der Waals surface area contributed by atoms with E-state index in [1.165, 1.54) is 0 Å². The summed E-state index contributed by atoms with van der Waals surface area (Å²) in [7, 11) is 0. The molecule has 2 unspecified atom stereocenters. The van der Waals surface area contributed by atoms with Crippen LogP contribution in [0.4, 0.5) is 5.69 Å². The van der Waals surface area contributed by atoms with Gasteiger partial charge in [-0.05, 0) is 23.8 Å². The predicted molar refractivity (Wildman–Crippen MR) is 67.5 cm³/mol. The summed E-state index contributed by atoms with van der Waals surface area (Å²) in [6.45, 7) is 4.51. The second-order valence-corrected chi connectivity index (χ2v) is 4.95. The number of hydroxylamine groups is 2. The molecular formula is C11H14Cl2N3O+. The smallest absolute Gasteiger partial charge is 0.235 e. The number of rotatable bonds is 3. The van der Waals surface area contributed by atoms with E-state index in [1.807, 2.05) is 25.1 Å². The minimum atomic E-state index is 0.146. The third-order valence-electron chi connectivity index (χ3n) is 3.20. The van der Waals surface area contributed by atoms with Crippen molar-refractivity contribution < 1.29 is 9.59 Å². The van der Waals surface area contributed by atoms with Gasteiger partial charge in [0.1, 0.15) is 12.3 Å². The van der Waals surface area contributed by atoms with Gasteiger partial charge in [-0.1, -0.05) is 29.3 Å². The Bertz CT molecular complexity index is 436. The van der Waals surface area contributed by atoms with E-state index < -0.39 is 0 Å². The molecule has 0 aliphatic carbocycles. The van der Waals surface area contributed by atoms with Gasteiger partial charge in [0, 0.05) is 0 Å². The largest absolute Gasteiger partial charge is 0.321 e. The Morgan fingerprint density at radius 3 is 2.82 bits per heavy atom. The van der Waals surface area contributed by atoms with Crippen molar-refractivity contribution in [1.29, 1.82) is 0 Å². The fraction of sp³-hybridized carbons (Fsp3) is 0.455. The number of halogens is 2. The van der Waals surface area contributed by atoms with Crippen molar-refractivity contribution in [3.05, 3.63) is 28.2 Å². The van der Waals surface area contributed by atoms with Crippen molar-refractivity contribution >= 4 is 28.9 Å². The van der Waals surface area contributed by atoms with Gasteiger partial charge in [0.25, 0.3) is 0 Å². The molecule has 2 heterocycles. The van der Waals surface area contributed by atoms with Crippen LogP contribution in [0.5, 0.6) is 0 Å². The maximum atomic E-state index is 6.22. The Balaban J connectivity index is 1.97. The Labute approximate surface area is 110 Å². The monoisotopic (exact) mass is 274 g/mol. The first-order valence-corrected chi connectivity index (χ1v) is 6.45. The molecule has 2 atom stereocenters. The fourth-order valence-corrected chi connectivity index (χ4v) is 3.08. The molecule has 6 heteroatoms. The minimum absolute atomic E-state index is 0.146. The molecule has 1 aromatic carbocycles. The van der Waals surface area contributed by atoms with Crippen molar-refractivity contribution in [2.24, 2.45) is 0 Å². The number of hydrogen-bond acceptors (Lipinski definition) is 3. The molecule has 0 aromatic heterocycles. The third kappa shape index (κ3) is 1.56. The van der Waals surface area contributed by atoms with Gasteiger partial charge in [-0.25, -0.2) is 5.32 Å². The van der Waals surface area contributed by atoms with Crippen molar-refractivity contribution in [1.82, 2.24) is 5.32 Å². The van der Waals surface area contributed by atoms with E-state index >= 15 is 0 Å². The topological polar surface area (TPSA) is 24.3 Å². The first kappa shape index (κ1) is 11.6. The van der Waals surface area contributed by atoms with Crippen LogP contribution >= 0.6 is 23.2 Å². The van der Waals surface area contributed by atoms with Crippen molar-refractivity contribution in [2.45, 2.75) is 13.2 Å². The molecule has 1 aromatic rings. The number of fused-ring (bicyclic) bond motifs is 1. The van der Waals surface area contributed by atoms with Crippen LogP contribution in [-0.2, 0) is 4.84 Å². The zero-order valence-electron chi connectivity index (χ0n) is 9.49. The summed E-state index contributed by atoms with van der Waals surface area (Å²) < 4.78 is 0.472. The molecule has 2 fully saturated rings. The van der Waals surface area contributed by atoms with Crippen LogP contribution in [0.3, 0.4) is 0 Å². The van der Waals surface area contributed by atoms with E-state index in [-0.39, 0.29) is 6.29 Å². The second kappa shape index (κ2) is 4.00. The molecule has 1 N–H and O–H groups in total. The first-order valence-electron chi connectivity index (χ1n) is 5.70. The normalized spacial score (nSPS) is 30.5. The Morgan fingerprint density at radius 1 is 1.47 bits per heavy atom. The van der Waals surface area contributed by atoms with Crippen LogP contribution in [0.2, 0.25) is 10.0 Å². The zero-order valence-corrected chi connectivity index (χ0v) is 11.0. The van der Waals surface area contributed by atoms with Gasteiger partial charge in [-0.2, -0.15) is 4.84 Å². The molecule has 0 saturated carbocycles. The molecule has 17 heavy (non-hydrogen) atoms. The lowest BCUT2D eigenvalue weighted by Crippen LogP contribution is -2.33. The van der Waals surface area contributed by atoms with Crippen LogP contribution in [0.1, 0.15) is 6.92 Å². The van der Waals surface area contributed by atoms with Crippen LogP contribution in [0.15, 0.2) is 18.2 Å². The molecule has 4 nitrogen and oxygen atoms in total. The van der Waals surface area contributed by atoms with E-state index in [9.17, 15) is 0 Å². The summed E-state index contributed by atoms with van der Waals surface area (Å²) in [5.74, 6) is 0. The van der Waals surface area contributed by atoms with Gasteiger partial charge in [0.05, 0.1) is 16.6 Å². The average molecular weight is 275 g/mol. The van der Waals surface area contributed by atoms with Crippen molar-refractivity contribution in [2.75, 3.05) is 24.7 Å². The lowest BCUT2D eigenvalue weighted by Gasteiger charge is -2.14. The van der Waals surface area contributed by atoms with E-state index in [1.54, 1.807) is 0 Å². The minimum Gasteiger partial charge on any atom is -0.235 e. The number of anilines is 1. The SMILES string of the molecule is CCO[N+]12CCNC1N2c1c(Cl)cccc1Cl. The van der Waals surface area contributed by atoms with E-state index in [0.29, 0.717) is 21.4 Å². The number of nitrogens with one attached hydrogen (secondary N) is 1. The van der Waals surface area contributed by atoms with Gasteiger partial charge in [0.2, 0.25) is 0 Å². The van der Waals surface area contributed by atoms with Crippen LogP contribution < -0.4 is 10.3 Å². The summed E-state index contributed by atoms with van der Waals surface area (Å²) in [4.78, 5) is 5.83. The summed E-state index contributed by atoms with van der Waals surface area (Å²) in [5.41, 5.74) is 0.849. The predicted octanol–water partition coefficient (Wildman–Crippen LogP) is 2.38. The number of quaternary nitrogens is 1.